The molecule has 15 nitrogen and oxygen atoms in total. The Labute approximate surface area is 366 Å². The van der Waals surface area contributed by atoms with Crippen molar-refractivity contribution in [1.29, 1.82) is 0 Å². The quantitative estimate of drug-likeness (QED) is 0.0447. The van der Waals surface area contributed by atoms with E-state index in [1.807, 2.05) is 0 Å². The topological polar surface area (TPSA) is 206 Å². The van der Waals surface area contributed by atoms with Crippen LogP contribution in [0.25, 0.3) is 11.3 Å². The monoisotopic (exact) mass is 934 g/mol. The highest BCUT2D eigenvalue weighted by Gasteiger charge is 2.49. The lowest BCUT2D eigenvalue weighted by atomic mass is 9.80. The van der Waals surface area contributed by atoms with Gasteiger partial charge in [-0.25, -0.2) is 18.4 Å². The number of hydrogen-bond donors (Lipinski definition) is 6. The second-order valence-corrected chi connectivity index (χ2v) is 16.1. The number of anilines is 2. The molecule has 63 heavy (non-hydrogen) atoms. The van der Waals surface area contributed by atoms with Crippen LogP contribution in [0.1, 0.15) is 22.5 Å². The maximum absolute atomic E-state index is 13.2. The molecular weight excluding hydrogens is 901 g/mol. The number of aromatic nitrogens is 4. The summed E-state index contributed by atoms with van der Waals surface area (Å²) >= 11 is 11.8. The van der Waals surface area contributed by atoms with Gasteiger partial charge in [-0.3, -0.25) is 10.2 Å². The molecule has 0 unspecified atom stereocenters. The number of hydrogen-bond acceptors (Lipinski definition) is 9. The number of fused-ring (bicyclic) bond motifs is 2. The third kappa shape index (κ3) is 12.0. The lowest BCUT2D eigenvalue weighted by Gasteiger charge is -2.27. The zero-order valence-electron chi connectivity index (χ0n) is 32.3. The second kappa shape index (κ2) is 19.9. The molecule has 0 fully saturated rings. The second-order valence-electron chi connectivity index (χ2n) is 13.7. The van der Waals surface area contributed by atoms with E-state index in [4.69, 9.17) is 33.2 Å². The van der Waals surface area contributed by atoms with Gasteiger partial charge >= 0.3 is 34.8 Å². The standard InChI is InChI=1S/C19H16ClFN4O.C14H12ClF3N4O4S.C6H6BFO2/c20-13-2-1-3-15(10-13)22-19(26)25-9-8-17-16(11-25)18(24-23-17)12-4-6-14(21)7-5-12;15-8-2-1-3-9(6-8)19-13(23)22-5-4-11-10(7-22)12(21-20-11)26-27(24,25)14(16,17)18;8-6-3-1-5(2-4-6)7(9)10/h1-7,10H,8-9,11H2,(H,22,26)(H,23,24);1-3,6H,4-5,7H2,(H,19,23)(H,20,21);1-4,9-10H. The Morgan fingerprint density at radius 3 is 1.70 bits per heavy atom. The van der Waals surface area contributed by atoms with Gasteiger partial charge in [-0.2, -0.15) is 26.7 Å². The summed E-state index contributed by atoms with van der Waals surface area (Å²) in [5, 5.41) is 36.9. The van der Waals surface area contributed by atoms with Gasteiger partial charge in [0.25, 0.3) is 5.88 Å². The predicted molar refractivity (Wildman–Crippen MR) is 224 cm³/mol. The first kappa shape index (κ1) is 46.3. The molecule has 330 valence electrons. The van der Waals surface area contributed by atoms with E-state index < -0.39 is 34.7 Å². The van der Waals surface area contributed by atoms with Gasteiger partial charge in [0.2, 0.25) is 0 Å². The molecule has 2 aromatic heterocycles. The molecule has 4 amide bonds. The van der Waals surface area contributed by atoms with Crippen molar-refractivity contribution in [3.05, 3.63) is 141 Å². The van der Waals surface area contributed by atoms with Crippen LogP contribution in [0, 0.1) is 11.6 Å². The van der Waals surface area contributed by atoms with Crippen molar-refractivity contribution in [2.45, 2.75) is 31.4 Å². The molecule has 4 heterocycles. The number of carbonyl (C=O) groups excluding carboxylic acids is 2. The van der Waals surface area contributed by atoms with Gasteiger partial charge in [0, 0.05) is 69.9 Å². The van der Waals surface area contributed by atoms with E-state index in [-0.39, 0.29) is 42.7 Å². The molecule has 6 N–H and O–H groups in total. The van der Waals surface area contributed by atoms with Crippen molar-refractivity contribution in [1.82, 2.24) is 30.2 Å². The van der Waals surface area contributed by atoms with Crippen LogP contribution in [0.4, 0.5) is 42.9 Å². The fourth-order valence-corrected chi connectivity index (χ4v) is 6.97. The van der Waals surface area contributed by atoms with Gasteiger partial charge in [-0.1, -0.05) is 47.5 Å². The van der Waals surface area contributed by atoms with Crippen LogP contribution in [-0.4, -0.2) is 86.4 Å². The fourth-order valence-electron chi connectivity index (χ4n) is 6.15. The maximum Gasteiger partial charge on any atom is 0.534 e. The minimum absolute atomic E-state index is 0.0651. The van der Waals surface area contributed by atoms with Crippen LogP contribution in [0.5, 0.6) is 5.88 Å². The summed E-state index contributed by atoms with van der Waals surface area (Å²) in [6, 6.07) is 23.9. The van der Waals surface area contributed by atoms with Crippen LogP contribution >= 0.6 is 23.2 Å². The summed E-state index contributed by atoms with van der Waals surface area (Å²) in [5.74, 6) is -1.41. The smallest absolute Gasteiger partial charge is 0.423 e. The normalized spacial score (nSPS) is 13.3. The highest BCUT2D eigenvalue weighted by atomic mass is 35.5. The first-order valence-corrected chi connectivity index (χ1v) is 20.7. The third-order valence-corrected chi connectivity index (χ3v) is 10.7. The molecule has 0 saturated heterocycles. The largest absolute Gasteiger partial charge is 0.534 e. The molecule has 8 rings (SSSR count). The fraction of sp³-hybridized carbons (Fsp3) is 0.179. The Kier molecular flexibility index (Phi) is 14.6. The van der Waals surface area contributed by atoms with Crippen molar-refractivity contribution in [3.63, 3.8) is 0 Å². The van der Waals surface area contributed by atoms with Crippen LogP contribution in [0.2, 0.25) is 10.0 Å². The van der Waals surface area contributed by atoms with Crippen molar-refractivity contribution >= 4 is 69.3 Å². The number of carbonyl (C=O) groups is 2. The molecule has 24 heteroatoms. The molecule has 0 atom stereocenters. The first-order valence-electron chi connectivity index (χ1n) is 18.5. The minimum Gasteiger partial charge on any atom is -0.423 e. The van der Waals surface area contributed by atoms with Crippen LogP contribution < -0.4 is 20.3 Å². The highest BCUT2D eigenvalue weighted by Crippen LogP contribution is 2.32. The summed E-state index contributed by atoms with van der Waals surface area (Å²) in [5.41, 5.74) is -0.204. The number of amides is 4. The number of rotatable bonds is 6. The average Bonchev–Trinajstić information content (AvgIpc) is 3.84. The molecule has 2 aliphatic heterocycles. The van der Waals surface area contributed by atoms with E-state index >= 15 is 0 Å². The highest BCUT2D eigenvalue weighted by molar-refractivity contribution is 7.88. The Hall–Kier alpha value is -6.20. The zero-order valence-corrected chi connectivity index (χ0v) is 34.7. The van der Waals surface area contributed by atoms with Crippen LogP contribution in [-0.2, 0) is 36.0 Å². The van der Waals surface area contributed by atoms with Crippen molar-refractivity contribution in [2.75, 3.05) is 23.7 Å². The van der Waals surface area contributed by atoms with E-state index in [1.165, 1.54) is 47.4 Å². The SMILES string of the molecule is O=C(Nc1cccc(Cl)c1)N1CCc2[nH]nc(-c3ccc(F)cc3)c2C1.O=C(Nc1cccc(Cl)c1)N1CCc2[nH]nc(OS(=O)(=O)C(F)(F)F)c2C1.OB(O)c1ccc(F)cc1. The Bertz CT molecular complexity index is 2670. The van der Waals surface area contributed by atoms with E-state index in [9.17, 15) is 40.0 Å². The average molecular weight is 936 g/mol. The molecule has 4 aromatic carbocycles. The van der Waals surface area contributed by atoms with E-state index in [0.29, 0.717) is 52.1 Å². The lowest BCUT2D eigenvalue weighted by molar-refractivity contribution is -0.0501. The molecule has 0 bridgehead atoms. The summed E-state index contributed by atoms with van der Waals surface area (Å²) in [6.45, 7) is 1.09. The van der Waals surface area contributed by atoms with Gasteiger partial charge in [-0.15, -0.1) is 5.10 Å². The summed E-state index contributed by atoms with van der Waals surface area (Å²) < 4.78 is 89.3. The molecule has 6 aromatic rings. The number of nitrogens with zero attached hydrogens (tertiary/aromatic N) is 4. The maximum atomic E-state index is 13.2. The third-order valence-electron chi connectivity index (χ3n) is 9.31. The van der Waals surface area contributed by atoms with Crippen molar-refractivity contribution < 1.29 is 54.2 Å². The summed E-state index contributed by atoms with van der Waals surface area (Å²) in [4.78, 5) is 28.0. The number of benzene rings is 4. The Balaban J connectivity index is 0.000000173. The van der Waals surface area contributed by atoms with Gasteiger partial charge in [0.15, 0.2) is 0 Å². The van der Waals surface area contributed by atoms with Crippen LogP contribution in [0.3, 0.4) is 0 Å². The zero-order chi connectivity index (χ0) is 45.5. The number of alkyl halides is 3. The Morgan fingerprint density at radius 2 is 1.21 bits per heavy atom. The number of aromatic amines is 2. The lowest BCUT2D eigenvalue weighted by Crippen LogP contribution is -2.39. The van der Waals surface area contributed by atoms with Gasteiger partial charge in [0.1, 0.15) is 11.6 Å². The van der Waals surface area contributed by atoms with Crippen molar-refractivity contribution in [2.24, 2.45) is 0 Å². The van der Waals surface area contributed by atoms with E-state index in [0.717, 1.165) is 22.5 Å². The van der Waals surface area contributed by atoms with E-state index in [1.54, 1.807) is 59.5 Å². The number of H-pyrrole nitrogens is 2. The molecule has 2 aliphatic rings. The summed E-state index contributed by atoms with van der Waals surface area (Å²) in [7, 11) is -7.37. The van der Waals surface area contributed by atoms with Crippen LogP contribution in [0.15, 0.2) is 97.1 Å². The molecule has 0 saturated carbocycles. The number of nitrogens with one attached hydrogen (secondary N) is 4. The number of halogens is 7. The number of urea groups is 2. The molecule has 0 aliphatic carbocycles. The predicted octanol–water partition coefficient (Wildman–Crippen LogP) is 6.85. The minimum atomic E-state index is -5.86. The van der Waals surface area contributed by atoms with E-state index in [2.05, 4.69) is 35.2 Å². The molecule has 0 spiro atoms. The van der Waals surface area contributed by atoms with Gasteiger partial charge in [-0.05, 0) is 78.3 Å². The Morgan fingerprint density at radius 1 is 0.730 bits per heavy atom. The van der Waals surface area contributed by atoms with Gasteiger partial charge in [0.05, 0.1) is 24.3 Å². The summed E-state index contributed by atoms with van der Waals surface area (Å²) in [6.07, 6.45) is 0.924. The van der Waals surface area contributed by atoms with Gasteiger partial charge < -0.3 is 34.7 Å². The van der Waals surface area contributed by atoms with Crippen molar-refractivity contribution in [3.8, 4) is 17.1 Å². The molecule has 0 radical (unpaired) electrons. The first-order chi connectivity index (χ1) is 29.9. The molecular formula is C39H34BCl2F5N8O7S.